The van der Waals surface area contributed by atoms with Crippen LogP contribution in [0.2, 0.25) is 0 Å². The van der Waals surface area contributed by atoms with Gasteiger partial charge in [0, 0.05) is 33.5 Å². The van der Waals surface area contributed by atoms with E-state index in [2.05, 4.69) is 123 Å². The number of hydrogen-bond donors (Lipinski definition) is 0. The fourth-order valence-corrected chi connectivity index (χ4v) is 5.44. The summed E-state index contributed by atoms with van der Waals surface area (Å²) in [5, 5.41) is 11.7. The zero-order chi connectivity index (χ0) is 27.6. The summed E-state index contributed by atoms with van der Waals surface area (Å²) in [4.78, 5) is 0. The lowest BCUT2D eigenvalue weighted by atomic mass is 9.98. The molecule has 1 unspecified atom stereocenters. The van der Waals surface area contributed by atoms with Crippen molar-refractivity contribution in [2.24, 2.45) is 0 Å². The van der Waals surface area contributed by atoms with Crippen molar-refractivity contribution in [1.29, 1.82) is 0 Å². The zero-order valence-electron chi connectivity index (χ0n) is 23.4. The molecule has 198 valence electrons. The molecular weight excluding hydrogens is 490 g/mol. The van der Waals surface area contributed by atoms with Crippen molar-refractivity contribution in [3.63, 3.8) is 0 Å². The smallest absolute Gasteiger partial charge is 0.168 e. The molecule has 0 aliphatic heterocycles. The van der Waals surface area contributed by atoms with Crippen LogP contribution in [0.5, 0.6) is 0 Å². The molecule has 0 amide bonds. The van der Waals surface area contributed by atoms with E-state index in [1.54, 1.807) is 0 Å². The average Bonchev–Trinajstić information content (AvgIpc) is 3.60. The third-order valence-electron chi connectivity index (χ3n) is 7.61. The van der Waals surface area contributed by atoms with Gasteiger partial charge in [0.1, 0.15) is 17.0 Å². The number of nitrogens with zero attached hydrogens (tertiary/aromatic N) is 3. The highest BCUT2D eigenvalue weighted by molar-refractivity contribution is 6.09. The van der Waals surface area contributed by atoms with Gasteiger partial charge in [0.25, 0.3) is 0 Å². The fraction of sp³-hybridized carbons (Fsp3) is 0.167. The predicted octanol–water partition coefficient (Wildman–Crippen LogP) is 9.91. The van der Waals surface area contributed by atoms with Crippen LogP contribution in [-0.2, 0) is 0 Å². The highest BCUT2D eigenvalue weighted by Crippen LogP contribution is 2.37. The fourth-order valence-electron chi connectivity index (χ4n) is 5.44. The average molecular weight is 524 g/mol. The van der Waals surface area contributed by atoms with E-state index < -0.39 is 0 Å². The van der Waals surface area contributed by atoms with Gasteiger partial charge in [-0.05, 0) is 44.0 Å². The molecule has 2 aromatic heterocycles. The summed E-state index contributed by atoms with van der Waals surface area (Å²) in [5.74, 6) is 1.86. The molecule has 0 bridgehead atoms. The van der Waals surface area contributed by atoms with E-state index in [1.807, 2.05) is 18.2 Å². The van der Waals surface area contributed by atoms with Gasteiger partial charge in [0.05, 0.1) is 0 Å². The maximum atomic E-state index is 6.29. The Bertz CT molecular complexity index is 1850. The molecule has 4 nitrogen and oxygen atoms in total. The van der Waals surface area contributed by atoms with Crippen molar-refractivity contribution in [1.82, 2.24) is 14.8 Å². The van der Waals surface area contributed by atoms with E-state index >= 15 is 0 Å². The van der Waals surface area contributed by atoms with Gasteiger partial charge >= 0.3 is 0 Å². The van der Waals surface area contributed by atoms with Crippen molar-refractivity contribution >= 4 is 21.9 Å². The van der Waals surface area contributed by atoms with Crippen molar-refractivity contribution < 1.29 is 4.42 Å². The minimum absolute atomic E-state index is 0.103. The van der Waals surface area contributed by atoms with Gasteiger partial charge < -0.3 is 4.42 Å². The van der Waals surface area contributed by atoms with E-state index in [0.717, 1.165) is 62.4 Å². The normalized spacial score (nSPS) is 13.3. The summed E-state index contributed by atoms with van der Waals surface area (Å²) in [7, 11) is 0. The maximum Gasteiger partial charge on any atom is 0.168 e. The summed E-state index contributed by atoms with van der Waals surface area (Å²) in [6, 6.07) is 33.5. The lowest BCUT2D eigenvalue weighted by molar-refractivity contribution is 0.670. The van der Waals surface area contributed by atoms with Gasteiger partial charge in [-0.3, -0.25) is 4.57 Å². The Labute approximate surface area is 235 Å². The van der Waals surface area contributed by atoms with Crippen molar-refractivity contribution in [3.05, 3.63) is 126 Å². The Kier molecular flexibility index (Phi) is 6.91. The van der Waals surface area contributed by atoms with E-state index in [1.165, 1.54) is 11.1 Å². The molecule has 6 rings (SSSR count). The van der Waals surface area contributed by atoms with E-state index in [-0.39, 0.29) is 5.92 Å². The van der Waals surface area contributed by atoms with Crippen molar-refractivity contribution in [2.45, 2.75) is 40.0 Å². The van der Waals surface area contributed by atoms with Crippen LogP contribution in [0.4, 0.5) is 0 Å². The van der Waals surface area contributed by atoms with Crippen LogP contribution in [0.15, 0.2) is 125 Å². The molecule has 0 saturated heterocycles. The molecule has 40 heavy (non-hydrogen) atoms. The van der Waals surface area contributed by atoms with E-state index in [9.17, 15) is 0 Å². The Hall–Kier alpha value is -4.70. The van der Waals surface area contributed by atoms with Crippen LogP contribution in [0.3, 0.4) is 0 Å². The predicted molar refractivity (Wildman–Crippen MR) is 166 cm³/mol. The second kappa shape index (κ2) is 10.8. The van der Waals surface area contributed by atoms with Gasteiger partial charge in [0.2, 0.25) is 0 Å². The Morgan fingerprint density at radius 2 is 1.50 bits per heavy atom. The third-order valence-corrected chi connectivity index (χ3v) is 7.61. The van der Waals surface area contributed by atoms with Gasteiger partial charge in [-0.25, -0.2) is 0 Å². The molecule has 0 saturated carbocycles. The van der Waals surface area contributed by atoms with Crippen LogP contribution in [0.1, 0.15) is 45.9 Å². The van der Waals surface area contributed by atoms with Crippen molar-refractivity contribution in [2.75, 3.05) is 0 Å². The molecule has 2 heterocycles. The first kappa shape index (κ1) is 25.6. The van der Waals surface area contributed by atoms with Crippen LogP contribution < -0.4 is 0 Å². The lowest BCUT2D eigenvalue weighted by Crippen LogP contribution is -2.08. The lowest BCUT2D eigenvalue weighted by Gasteiger charge is -2.16. The third kappa shape index (κ3) is 4.66. The molecule has 1 atom stereocenters. The van der Waals surface area contributed by atoms with Crippen molar-refractivity contribution in [3.8, 4) is 28.2 Å². The number of para-hydroxylation sites is 3. The number of allylic oxidation sites excluding steroid dienone is 4. The molecule has 0 aliphatic rings. The monoisotopic (exact) mass is 523 g/mol. The number of furan rings is 1. The van der Waals surface area contributed by atoms with Gasteiger partial charge in [0.15, 0.2) is 5.82 Å². The SMILES string of the molecule is CC/C=C(C)\C=C(\C)C(C)c1nnc(-c2ccc(-c3cccc4c3oc3ccccc34)cc2)n1-c1ccccc1. The molecule has 0 spiro atoms. The first-order chi connectivity index (χ1) is 19.5. The summed E-state index contributed by atoms with van der Waals surface area (Å²) >= 11 is 0. The molecular formula is C36H33N3O. The largest absolute Gasteiger partial charge is 0.455 e. The van der Waals surface area contributed by atoms with Crippen LogP contribution in [-0.4, -0.2) is 14.8 Å². The number of aromatic nitrogens is 3. The number of benzene rings is 4. The van der Waals surface area contributed by atoms with E-state index in [0.29, 0.717) is 0 Å². The second-order valence-corrected chi connectivity index (χ2v) is 10.4. The Balaban J connectivity index is 1.42. The van der Waals surface area contributed by atoms with Crippen LogP contribution >= 0.6 is 0 Å². The number of rotatable bonds is 7. The molecule has 0 N–H and O–H groups in total. The minimum atomic E-state index is 0.103. The summed E-state index contributed by atoms with van der Waals surface area (Å²) in [5.41, 5.74) is 8.59. The highest BCUT2D eigenvalue weighted by atomic mass is 16.3. The molecule has 0 fully saturated rings. The number of fused-ring (bicyclic) bond motifs is 3. The van der Waals surface area contributed by atoms with E-state index in [4.69, 9.17) is 14.6 Å². The summed E-state index contributed by atoms with van der Waals surface area (Å²) in [6.45, 7) is 8.70. The quantitative estimate of drug-likeness (QED) is 0.196. The summed E-state index contributed by atoms with van der Waals surface area (Å²) in [6.07, 6.45) is 5.53. The first-order valence-corrected chi connectivity index (χ1v) is 13.9. The maximum absolute atomic E-state index is 6.29. The van der Waals surface area contributed by atoms with Crippen LogP contribution in [0.25, 0.3) is 50.1 Å². The van der Waals surface area contributed by atoms with Gasteiger partial charge in [-0.2, -0.15) is 0 Å². The minimum Gasteiger partial charge on any atom is -0.455 e. The second-order valence-electron chi connectivity index (χ2n) is 10.4. The number of hydrogen-bond acceptors (Lipinski definition) is 3. The standard InChI is InChI=1S/C36H33N3O/c1-5-12-24(2)23-25(3)26(4)35-37-38-36(39(35)29-13-7-6-8-14-29)28-21-19-27(20-22-28)30-16-11-17-32-31-15-9-10-18-33(31)40-34(30)32/h6-23,26H,5H2,1-4H3/b24-12-,25-23-. The van der Waals surface area contributed by atoms with Gasteiger partial charge in [-0.15, -0.1) is 10.2 Å². The molecule has 4 aromatic carbocycles. The summed E-state index contributed by atoms with van der Waals surface area (Å²) < 4.78 is 8.48. The molecule has 6 aromatic rings. The molecule has 4 heteroatoms. The first-order valence-electron chi connectivity index (χ1n) is 13.9. The molecule has 0 radical (unpaired) electrons. The highest BCUT2D eigenvalue weighted by Gasteiger charge is 2.21. The zero-order valence-corrected chi connectivity index (χ0v) is 23.4. The topological polar surface area (TPSA) is 43.9 Å². The molecule has 0 aliphatic carbocycles. The van der Waals surface area contributed by atoms with Crippen LogP contribution in [0, 0.1) is 0 Å². The Morgan fingerprint density at radius 3 is 2.27 bits per heavy atom. The Morgan fingerprint density at radius 1 is 0.800 bits per heavy atom. The van der Waals surface area contributed by atoms with Gasteiger partial charge in [-0.1, -0.05) is 116 Å².